The van der Waals surface area contributed by atoms with Crippen LogP contribution in [0.15, 0.2) is 0 Å². The number of hydrogen-bond acceptors (Lipinski definition) is 4. The van der Waals surface area contributed by atoms with Crippen molar-refractivity contribution in [2.75, 3.05) is 45.9 Å². The normalized spacial score (nSPS) is 29.7. The zero-order chi connectivity index (χ0) is 17.9. The van der Waals surface area contributed by atoms with Gasteiger partial charge < -0.3 is 15.0 Å². The number of likely N-dealkylation sites (tertiary alicyclic amines) is 1. The zero-order valence-corrected chi connectivity index (χ0v) is 16.0. The van der Waals surface area contributed by atoms with E-state index >= 15 is 0 Å². The second-order valence-electron chi connectivity index (χ2n) is 7.62. The number of carbonyl (C=O) groups is 1. The van der Waals surface area contributed by atoms with Gasteiger partial charge in [-0.15, -0.1) is 0 Å². The number of carbonyl (C=O) groups excluding carboxylic acids is 1. The standard InChI is InChI=1S/C17H31N3O4S/c1-14-13-24-11-6-15(14)12-18-17(21)19-9-4-16(5-10-19)25(22,23)20-7-2-3-8-20/h14-16H,2-13H2,1H3,(H,18,21). The molecule has 0 aliphatic carbocycles. The third kappa shape index (κ3) is 4.46. The topological polar surface area (TPSA) is 79.0 Å². The third-order valence-electron chi connectivity index (χ3n) is 5.91. The fourth-order valence-corrected chi connectivity index (χ4v) is 6.06. The fraction of sp³-hybridized carbons (Fsp3) is 0.941. The van der Waals surface area contributed by atoms with E-state index in [0.717, 1.165) is 32.5 Å². The van der Waals surface area contributed by atoms with Crippen molar-refractivity contribution in [3.05, 3.63) is 0 Å². The first kappa shape index (κ1) is 18.9. The molecule has 3 fully saturated rings. The van der Waals surface area contributed by atoms with Gasteiger partial charge in [-0.25, -0.2) is 17.5 Å². The molecule has 3 heterocycles. The molecule has 8 heteroatoms. The Kier molecular flexibility index (Phi) is 6.22. The number of urea groups is 1. The van der Waals surface area contributed by atoms with Gasteiger partial charge >= 0.3 is 6.03 Å². The van der Waals surface area contributed by atoms with Crippen molar-refractivity contribution in [2.45, 2.75) is 44.3 Å². The molecule has 0 aromatic rings. The molecule has 7 nitrogen and oxygen atoms in total. The van der Waals surface area contributed by atoms with Crippen LogP contribution in [0.3, 0.4) is 0 Å². The van der Waals surface area contributed by atoms with Gasteiger partial charge in [-0.1, -0.05) is 6.92 Å². The maximum Gasteiger partial charge on any atom is 0.317 e. The number of ether oxygens (including phenoxy) is 1. The van der Waals surface area contributed by atoms with Gasteiger partial charge in [0.25, 0.3) is 0 Å². The minimum Gasteiger partial charge on any atom is -0.381 e. The Balaban J connectivity index is 1.44. The van der Waals surface area contributed by atoms with E-state index in [9.17, 15) is 13.2 Å². The van der Waals surface area contributed by atoms with Crippen molar-refractivity contribution >= 4 is 16.1 Å². The Hall–Kier alpha value is -0.860. The lowest BCUT2D eigenvalue weighted by atomic mass is 9.90. The maximum atomic E-state index is 12.6. The number of nitrogens with zero attached hydrogens (tertiary/aromatic N) is 2. The first-order valence-electron chi connectivity index (χ1n) is 9.58. The molecule has 0 saturated carbocycles. The summed E-state index contributed by atoms with van der Waals surface area (Å²) in [6, 6.07) is -0.0595. The molecule has 3 rings (SSSR count). The Morgan fingerprint density at radius 2 is 1.80 bits per heavy atom. The van der Waals surface area contributed by atoms with E-state index in [2.05, 4.69) is 12.2 Å². The quantitative estimate of drug-likeness (QED) is 0.805. The molecule has 0 aromatic carbocycles. The largest absolute Gasteiger partial charge is 0.381 e. The van der Waals surface area contributed by atoms with E-state index in [0.29, 0.717) is 57.4 Å². The van der Waals surface area contributed by atoms with Gasteiger partial charge in [0.15, 0.2) is 0 Å². The van der Waals surface area contributed by atoms with Crippen LogP contribution >= 0.6 is 0 Å². The van der Waals surface area contributed by atoms with Crippen LogP contribution in [0.5, 0.6) is 0 Å². The minimum atomic E-state index is -3.19. The minimum absolute atomic E-state index is 0.0595. The highest BCUT2D eigenvalue weighted by Crippen LogP contribution is 2.25. The summed E-state index contributed by atoms with van der Waals surface area (Å²) in [5.74, 6) is 0.927. The second-order valence-corrected chi connectivity index (χ2v) is 9.84. The molecule has 25 heavy (non-hydrogen) atoms. The average molecular weight is 374 g/mol. The molecule has 2 amide bonds. The molecule has 1 N–H and O–H groups in total. The van der Waals surface area contributed by atoms with Crippen LogP contribution < -0.4 is 5.32 Å². The second kappa shape index (κ2) is 8.22. The third-order valence-corrected chi connectivity index (χ3v) is 8.31. The molecule has 0 radical (unpaired) electrons. The van der Waals surface area contributed by atoms with E-state index < -0.39 is 10.0 Å². The van der Waals surface area contributed by atoms with Crippen molar-refractivity contribution in [1.29, 1.82) is 0 Å². The number of nitrogens with one attached hydrogen (secondary N) is 1. The lowest BCUT2D eigenvalue weighted by molar-refractivity contribution is 0.0248. The van der Waals surface area contributed by atoms with Gasteiger partial charge in [-0.3, -0.25) is 0 Å². The number of piperidine rings is 1. The Morgan fingerprint density at radius 1 is 1.12 bits per heavy atom. The number of rotatable bonds is 4. The van der Waals surface area contributed by atoms with Crippen molar-refractivity contribution in [1.82, 2.24) is 14.5 Å². The molecule has 3 aliphatic heterocycles. The van der Waals surface area contributed by atoms with Crippen LogP contribution in [0, 0.1) is 11.8 Å². The molecule has 3 aliphatic rings. The van der Waals surface area contributed by atoms with E-state index in [1.54, 1.807) is 9.21 Å². The van der Waals surface area contributed by atoms with Gasteiger partial charge in [0.2, 0.25) is 10.0 Å². The summed E-state index contributed by atoms with van der Waals surface area (Å²) in [5, 5.41) is 2.70. The number of sulfonamides is 1. The molecule has 2 unspecified atom stereocenters. The van der Waals surface area contributed by atoms with Crippen molar-refractivity contribution in [3.8, 4) is 0 Å². The van der Waals surface area contributed by atoms with Crippen molar-refractivity contribution in [3.63, 3.8) is 0 Å². The summed E-state index contributed by atoms with van der Waals surface area (Å²) < 4.78 is 32.3. The molecular weight excluding hydrogens is 342 g/mol. The highest BCUT2D eigenvalue weighted by molar-refractivity contribution is 7.89. The highest BCUT2D eigenvalue weighted by atomic mass is 32.2. The molecule has 0 bridgehead atoms. The number of hydrogen-bond donors (Lipinski definition) is 1. The summed E-state index contributed by atoms with van der Waals surface area (Å²) in [7, 11) is -3.19. The predicted octanol–water partition coefficient (Wildman–Crippen LogP) is 1.26. The van der Waals surface area contributed by atoms with Crippen LogP contribution in [-0.4, -0.2) is 74.8 Å². The first-order valence-corrected chi connectivity index (χ1v) is 11.1. The molecule has 2 atom stereocenters. The van der Waals surface area contributed by atoms with Crippen LogP contribution in [0.2, 0.25) is 0 Å². The molecular formula is C17H31N3O4S. The van der Waals surface area contributed by atoms with Crippen LogP contribution in [-0.2, 0) is 14.8 Å². The summed E-state index contributed by atoms with van der Waals surface area (Å²) in [6.07, 6.45) is 3.99. The van der Waals surface area contributed by atoms with Gasteiger partial charge in [0.1, 0.15) is 0 Å². The van der Waals surface area contributed by atoms with Crippen LogP contribution in [0.25, 0.3) is 0 Å². The Bertz CT molecular complexity index is 554. The van der Waals surface area contributed by atoms with Crippen molar-refractivity contribution < 1.29 is 17.9 Å². The van der Waals surface area contributed by atoms with Gasteiger partial charge in [-0.2, -0.15) is 0 Å². The van der Waals surface area contributed by atoms with Gasteiger partial charge in [-0.05, 0) is 43.9 Å². The number of amides is 2. The fourth-order valence-electron chi connectivity index (χ4n) is 4.07. The molecule has 0 aromatic heterocycles. The smallest absolute Gasteiger partial charge is 0.317 e. The van der Waals surface area contributed by atoms with Crippen molar-refractivity contribution in [2.24, 2.45) is 11.8 Å². The predicted molar refractivity (Wildman–Crippen MR) is 95.8 cm³/mol. The zero-order valence-electron chi connectivity index (χ0n) is 15.2. The average Bonchev–Trinajstić information content (AvgIpc) is 3.16. The Morgan fingerprint density at radius 3 is 2.44 bits per heavy atom. The van der Waals surface area contributed by atoms with E-state index in [1.165, 1.54) is 0 Å². The maximum absolute atomic E-state index is 12.6. The van der Waals surface area contributed by atoms with Gasteiger partial charge in [0.05, 0.1) is 5.25 Å². The lowest BCUT2D eigenvalue weighted by Crippen LogP contribution is -2.50. The summed E-state index contributed by atoms with van der Waals surface area (Å²) in [4.78, 5) is 14.1. The van der Waals surface area contributed by atoms with E-state index in [4.69, 9.17) is 4.74 Å². The summed E-state index contributed by atoms with van der Waals surface area (Å²) in [5.41, 5.74) is 0. The highest BCUT2D eigenvalue weighted by Gasteiger charge is 2.36. The Labute approximate surface area is 151 Å². The summed E-state index contributed by atoms with van der Waals surface area (Å²) >= 11 is 0. The molecule has 0 spiro atoms. The molecule has 144 valence electrons. The molecule has 3 saturated heterocycles. The summed E-state index contributed by atoms with van der Waals surface area (Å²) in [6.45, 7) is 6.73. The lowest BCUT2D eigenvalue weighted by Gasteiger charge is -2.34. The van der Waals surface area contributed by atoms with Crippen LogP contribution in [0.4, 0.5) is 4.79 Å². The first-order chi connectivity index (χ1) is 12.0. The van der Waals surface area contributed by atoms with E-state index in [-0.39, 0.29) is 11.3 Å². The van der Waals surface area contributed by atoms with Gasteiger partial charge in [0, 0.05) is 45.9 Å². The van der Waals surface area contributed by atoms with E-state index in [1.807, 2.05) is 0 Å². The SMILES string of the molecule is CC1COCCC1CNC(=O)N1CCC(S(=O)(=O)N2CCCC2)CC1. The monoisotopic (exact) mass is 373 g/mol. The van der Waals surface area contributed by atoms with Crippen LogP contribution in [0.1, 0.15) is 39.0 Å².